The van der Waals surface area contributed by atoms with E-state index in [0.29, 0.717) is 0 Å². The van der Waals surface area contributed by atoms with Crippen molar-refractivity contribution in [3.8, 4) is 0 Å². The van der Waals surface area contributed by atoms with Gasteiger partial charge in [0.25, 0.3) is 5.78 Å². The van der Waals surface area contributed by atoms with E-state index in [1.54, 1.807) is 18.2 Å². The lowest BCUT2D eigenvalue weighted by molar-refractivity contribution is -0.166. The summed E-state index contributed by atoms with van der Waals surface area (Å²) in [5.74, 6) is -2.68. The molecular weight excluding hydrogens is 221 g/mol. The van der Waals surface area contributed by atoms with E-state index in [2.05, 4.69) is 0 Å². The van der Waals surface area contributed by atoms with Gasteiger partial charge in [-0.1, -0.05) is 30.3 Å². The maximum atomic E-state index is 12.1. The number of hydrogen-bond acceptors (Lipinski definition) is 2. The number of benzene rings is 1. The van der Waals surface area contributed by atoms with Gasteiger partial charge in [-0.05, 0) is 6.92 Å². The van der Waals surface area contributed by atoms with Crippen LogP contribution in [0.4, 0.5) is 13.2 Å². The van der Waals surface area contributed by atoms with Crippen molar-refractivity contribution in [1.82, 2.24) is 0 Å². The normalized spacial score (nSPS) is 13.2. The molecule has 0 aliphatic heterocycles. The molecule has 0 aliphatic carbocycles. The van der Waals surface area contributed by atoms with E-state index in [4.69, 9.17) is 0 Å². The molecule has 1 aromatic rings. The van der Waals surface area contributed by atoms with Crippen LogP contribution in [-0.2, 0) is 4.79 Å². The summed E-state index contributed by atoms with van der Waals surface area (Å²) < 4.78 is 36.2. The van der Waals surface area contributed by atoms with Crippen molar-refractivity contribution >= 4 is 11.5 Å². The average Bonchev–Trinajstić information content (AvgIpc) is 2.26. The van der Waals surface area contributed by atoms with Crippen LogP contribution >= 0.6 is 0 Å². The van der Waals surface area contributed by atoms with Crippen LogP contribution in [0.15, 0.2) is 35.9 Å². The molecule has 0 saturated carbocycles. The highest BCUT2D eigenvalue weighted by Crippen LogP contribution is 2.24. The number of allylic oxidation sites excluding steroid dienone is 1. The van der Waals surface area contributed by atoms with E-state index >= 15 is 0 Å². The molecule has 2 nitrogen and oxygen atoms in total. The molecule has 0 aliphatic rings. The molecule has 1 N–H and O–H groups in total. The van der Waals surface area contributed by atoms with Gasteiger partial charge >= 0.3 is 6.18 Å². The highest BCUT2D eigenvalue weighted by molar-refractivity contribution is 6.04. The quantitative estimate of drug-likeness (QED) is 0.626. The first-order valence-corrected chi connectivity index (χ1v) is 4.41. The van der Waals surface area contributed by atoms with Crippen LogP contribution in [0, 0.1) is 0 Å². The molecule has 0 heterocycles. The third-order valence-electron chi connectivity index (χ3n) is 2.00. The van der Waals surface area contributed by atoms with Gasteiger partial charge in [0.2, 0.25) is 0 Å². The molecule has 86 valence electrons. The molecule has 0 amide bonds. The van der Waals surface area contributed by atoms with Crippen LogP contribution in [0.3, 0.4) is 0 Å². The van der Waals surface area contributed by atoms with Crippen LogP contribution in [0.1, 0.15) is 12.5 Å². The van der Waals surface area contributed by atoms with E-state index in [1.165, 1.54) is 12.1 Å². The molecule has 0 saturated heterocycles. The summed E-state index contributed by atoms with van der Waals surface area (Å²) >= 11 is 0. The maximum absolute atomic E-state index is 12.1. The van der Waals surface area contributed by atoms with Gasteiger partial charge in [0.1, 0.15) is 5.76 Å². The first-order valence-electron chi connectivity index (χ1n) is 4.41. The molecule has 5 heteroatoms. The number of ketones is 1. The fourth-order valence-electron chi connectivity index (χ4n) is 1.13. The van der Waals surface area contributed by atoms with E-state index in [-0.39, 0.29) is 5.56 Å². The van der Waals surface area contributed by atoms with Crippen LogP contribution in [0.5, 0.6) is 0 Å². The summed E-state index contributed by atoms with van der Waals surface area (Å²) in [5.41, 5.74) is -0.531. The molecule has 0 aromatic heterocycles. The first-order chi connectivity index (χ1) is 7.34. The second-order valence-electron chi connectivity index (χ2n) is 3.17. The minimum absolute atomic E-state index is 0.178. The molecule has 1 rings (SSSR count). The number of rotatable bonds is 2. The average molecular weight is 230 g/mol. The molecule has 0 radical (unpaired) electrons. The van der Waals surface area contributed by atoms with Gasteiger partial charge in [0.05, 0.1) is 0 Å². The van der Waals surface area contributed by atoms with Gasteiger partial charge in [-0.25, -0.2) is 0 Å². The summed E-state index contributed by atoms with van der Waals surface area (Å²) in [6.45, 7) is 0.943. The molecular formula is C11H9F3O2. The molecule has 0 unspecified atom stereocenters. The van der Waals surface area contributed by atoms with Crippen molar-refractivity contribution in [2.45, 2.75) is 13.1 Å². The monoisotopic (exact) mass is 230 g/mol. The Kier molecular flexibility index (Phi) is 3.37. The first kappa shape index (κ1) is 12.3. The van der Waals surface area contributed by atoms with Gasteiger partial charge in [-0.2, -0.15) is 13.2 Å². The van der Waals surface area contributed by atoms with Gasteiger partial charge in [-0.15, -0.1) is 0 Å². The van der Waals surface area contributed by atoms with E-state index in [9.17, 15) is 23.1 Å². The minimum atomic E-state index is -4.97. The highest BCUT2D eigenvalue weighted by Gasteiger charge is 2.40. The lowest BCUT2D eigenvalue weighted by atomic mass is 10.1. The van der Waals surface area contributed by atoms with Crippen LogP contribution in [-0.4, -0.2) is 17.1 Å². The summed E-state index contributed by atoms with van der Waals surface area (Å²) in [5, 5.41) is 9.48. The van der Waals surface area contributed by atoms with E-state index < -0.39 is 23.3 Å². The summed E-state index contributed by atoms with van der Waals surface area (Å²) in [7, 11) is 0. The number of halogens is 3. The zero-order valence-corrected chi connectivity index (χ0v) is 8.38. The second-order valence-corrected chi connectivity index (χ2v) is 3.17. The van der Waals surface area contributed by atoms with Crippen molar-refractivity contribution in [2.24, 2.45) is 0 Å². The van der Waals surface area contributed by atoms with Crippen molar-refractivity contribution in [2.75, 3.05) is 0 Å². The Morgan fingerprint density at radius 2 is 1.69 bits per heavy atom. The topological polar surface area (TPSA) is 37.3 Å². The van der Waals surface area contributed by atoms with Crippen LogP contribution in [0.2, 0.25) is 0 Å². The number of carbonyl (C=O) groups excluding carboxylic acids is 1. The smallest absolute Gasteiger partial charge is 0.454 e. The third kappa shape index (κ3) is 2.62. The fourth-order valence-corrected chi connectivity index (χ4v) is 1.13. The Balaban J connectivity index is 3.12. The van der Waals surface area contributed by atoms with Gasteiger partial charge in [-0.3, -0.25) is 4.79 Å². The highest BCUT2D eigenvalue weighted by atomic mass is 19.4. The van der Waals surface area contributed by atoms with Crippen LogP contribution < -0.4 is 0 Å². The second kappa shape index (κ2) is 4.38. The largest absolute Gasteiger partial charge is 0.507 e. The van der Waals surface area contributed by atoms with Crippen molar-refractivity contribution in [1.29, 1.82) is 0 Å². The van der Waals surface area contributed by atoms with Crippen LogP contribution in [0.25, 0.3) is 5.76 Å². The predicted octanol–water partition coefficient (Wildman–Crippen LogP) is 3.11. The summed E-state index contributed by atoms with van der Waals surface area (Å²) in [6, 6.07) is 7.59. The Morgan fingerprint density at radius 3 is 2.12 bits per heavy atom. The number of Topliss-reactive ketones (excluding diaryl/α,β-unsaturated/α-hetero) is 1. The summed E-state index contributed by atoms with van der Waals surface area (Å²) in [4.78, 5) is 10.8. The molecule has 0 atom stereocenters. The van der Waals surface area contributed by atoms with Crippen molar-refractivity contribution in [3.63, 3.8) is 0 Å². The standard InChI is InChI=1S/C11H9F3O2/c1-7(10(16)11(12,13)14)9(15)8-5-3-2-4-6-8/h2-6,15H,1H3/b9-7-. The maximum Gasteiger partial charge on any atom is 0.454 e. The van der Waals surface area contributed by atoms with Gasteiger partial charge in [0, 0.05) is 11.1 Å². The Bertz CT molecular complexity index is 419. The van der Waals surface area contributed by atoms with Gasteiger partial charge < -0.3 is 5.11 Å². The van der Waals surface area contributed by atoms with E-state index in [1.807, 2.05) is 0 Å². The number of alkyl halides is 3. The lowest BCUT2D eigenvalue weighted by Gasteiger charge is -2.08. The molecule has 0 bridgehead atoms. The minimum Gasteiger partial charge on any atom is -0.507 e. The predicted molar refractivity (Wildman–Crippen MR) is 52.7 cm³/mol. The molecule has 1 aromatic carbocycles. The number of aliphatic hydroxyl groups is 1. The van der Waals surface area contributed by atoms with Gasteiger partial charge in [0.15, 0.2) is 0 Å². The number of aliphatic hydroxyl groups excluding tert-OH is 1. The van der Waals surface area contributed by atoms with Crippen molar-refractivity contribution in [3.05, 3.63) is 41.5 Å². The Hall–Kier alpha value is -1.78. The third-order valence-corrected chi connectivity index (χ3v) is 2.00. The molecule has 16 heavy (non-hydrogen) atoms. The fraction of sp³-hybridized carbons (Fsp3) is 0.182. The number of hydrogen-bond donors (Lipinski definition) is 1. The zero-order valence-electron chi connectivity index (χ0n) is 8.38. The zero-order chi connectivity index (χ0) is 12.3. The lowest BCUT2D eigenvalue weighted by Crippen LogP contribution is -2.24. The Morgan fingerprint density at radius 1 is 1.19 bits per heavy atom. The molecule has 0 fully saturated rings. The SMILES string of the molecule is C/C(C(=O)C(F)(F)F)=C(/O)c1ccccc1. The van der Waals surface area contributed by atoms with E-state index in [0.717, 1.165) is 6.92 Å². The summed E-state index contributed by atoms with van der Waals surface area (Å²) in [6.07, 6.45) is -4.97. The Labute approximate surface area is 90.0 Å². The van der Waals surface area contributed by atoms with Crippen molar-refractivity contribution < 1.29 is 23.1 Å². The molecule has 0 spiro atoms. The number of carbonyl (C=O) groups is 1.